The van der Waals surface area contributed by atoms with Gasteiger partial charge in [0.05, 0.1) is 17.0 Å². The van der Waals surface area contributed by atoms with Gasteiger partial charge in [-0.25, -0.2) is 4.79 Å². The number of carbonyl (C=O) groups excluding carboxylic acids is 2. The van der Waals surface area contributed by atoms with Crippen LogP contribution in [0.3, 0.4) is 0 Å². The van der Waals surface area contributed by atoms with Gasteiger partial charge < -0.3 is 14.8 Å². The first-order valence-electron chi connectivity index (χ1n) is 8.25. The maximum absolute atomic E-state index is 11.8. The molecule has 8 heteroatoms. The van der Waals surface area contributed by atoms with Crippen LogP contribution in [0, 0.1) is 24.0 Å². The quantitative estimate of drug-likeness (QED) is 0.330. The number of esters is 1. The molecule has 0 radical (unpaired) electrons. The summed E-state index contributed by atoms with van der Waals surface area (Å²) >= 11 is 0. The van der Waals surface area contributed by atoms with Gasteiger partial charge in [0.2, 0.25) is 0 Å². The van der Waals surface area contributed by atoms with Crippen molar-refractivity contribution in [3.63, 3.8) is 0 Å². The van der Waals surface area contributed by atoms with E-state index in [1.807, 2.05) is 32.0 Å². The number of hydrogen-bond acceptors (Lipinski definition) is 6. The lowest BCUT2D eigenvalue weighted by Crippen LogP contribution is -2.32. The summed E-state index contributed by atoms with van der Waals surface area (Å²) in [6.45, 7) is 4.04. The molecule has 8 nitrogen and oxygen atoms in total. The second-order valence-electron chi connectivity index (χ2n) is 5.85. The zero-order valence-electron chi connectivity index (χ0n) is 15.1. The average Bonchev–Trinajstić information content (AvgIpc) is 2.64. The maximum atomic E-state index is 11.8. The summed E-state index contributed by atoms with van der Waals surface area (Å²) < 4.78 is 10.5. The highest BCUT2D eigenvalue weighted by Gasteiger charge is 2.12. The van der Waals surface area contributed by atoms with E-state index in [1.54, 1.807) is 0 Å². The number of nitro groups is 1. The van der Waals surface area contributed by atoms with Gasteiger partial charge in [-0.1, -0.05) is 17.7 Å². The smallest absolute Gasteiger partial charge is 0.338 e. The van der Waals surface area contributed by atoms with Crippen LogP contribution in [0.25, 0.3) is 0 Å². The number of nitrogens with one attached hydrogen (secondary N) is 1. The molecule has 0 bridgehead atoms. The Morgan fingerprint density at radius 2 is 1.81 bits per heavy atom. The van der Waals surface area contributed by atoms with Crippen LogP contribution in [0.2, 0.25) is 0 Å². The van der Waals surface area contributed by atoms with E-state index >= 15 is 0 Å². The molecule has 0 unspecified atom stereocenters. The van der Waals surface area contributed by atoms with Crippen LogP contribution in [0.4, 0.5) is 5.69 Å². The van der Waals surface area contributed by atoms with Crippen molar-refractivity contribution < 1.29 is 24.0 Å². The van der Waals surface area contributed by atoms with Gasteiger partial charge in [0.15, 0.2) is 6.61 Å². The molecule has 0 aromatic heterocycles. The van der Waals surface area contributed by atoms with Crippen LogP contribution in [0.15, 0.2) is 42.5 Å². The van der Waals surface area contributed by atoms with Crippen molar-refractivity contribution in [3.8, 4) is 5.75 Å². The maximum Gasteiger partial charge on any atom is 0.338 e. The first-order valence-corrected chi connectivity index (χ1v) is 8.25. The van der Waals surface area contributed by atoms with Crippen LogP contribution in [-0.4, -0.2) is 36.6 Å². The molecule has 0 aliphatic heterocycles. The summed E-state index contributed by atoms with van der Waals surface area (Å²) in [6, 6.07) is 10.8. The van der Waals surface area contributed by atoms with Gasteiger partial charge in [0.25, 0.3) is 11.6 Å². The van der Waals surface area contributed by atoms with Crippen LogP contribution in [0.5, 0.6) is 5.75 Å². The Morgan fingerprint density at radius 1 is 1.11 bits per heavy atom. The van der Waals surface area contributed by atoms with Crippen molar-refractivity contribution in [2.24, 2.45) is 0 Å². The van der Waals surface area contributed by atoms with E-state index in [0.717, 1.165) is 16.9 Å². The van der Waals surface area contributed by atoms with Crippen LogP contribution in [-0.2, 0) is 9.53 Å². The Labute approximate surface area is 156 Å². The molecule has 2 aromatic rings. The van der Waals surface area contributed by atoms with Crippen LogP contribution >= 0.6 is 0 Å². The summed E-state index contributed by atoms with van der Waals surface area (Å²) in [5, 5.41) is 13.2. The molecule has 27 heavy (non-hydrogen) atoms. The largest absolute Gasteiger partial charge is 0.491 e. The van der Waals surface area contributed by atoms with Crippen molar-refractivity contribution in [1.82, 2.24) is 5.32 Å². The molecule has 0 spiro atoms. The third-order valence-electron chi connectivity index (χ3n) is 3.66. The fraction of sp³-hybridized carbons (Fsp3) is 0.263. The second-order valence-corrected chi connectivity index (χ2v) is 5.85. The van der Waals surface area contributed by atoms with E-state index < -0.39 is 23.4 Å². The van der Waals surface area contributed by atoms with Crippen LogP contribution in [0.1, 0.15) is 21.5 Å². The lowest BCUT2D eigenvalue weighted by molar-refractivity contribution is -0.384. The third-order valence-corrected chi connectivity index (χ3v) is 3.66. The standard InChI is InChI=1S/C19H20N2O6/c1-13-3-8-17(14(2)11-13)26-10-9-20-18(22)12-27-19(23)15-4-6-16(7-5-15)21(24)25/h3-8,11H,9-10,12H2,1-2H3,(H,20,22). The lowest BCUT2D eigenvalue weighted by atomic mass is 10.1. The first-order chi connectivity index (χ1) is 12.9. The molecule has 0 saturated carbocycles. The van der Waals surface area contributed by atoms with Crippen molar-refractivity contribution in [1.29, 1.82) is 0 Å². The van der Waals surface area contributed by atoms with E-state index in [-0.39, 0.29) is 24.4 Å². The normalized spacial score (nSPS) is 10.1. The van der Waals surface area contributed by atoms with Crippen molar-refractivity contribution in [2.75, 3.05) is 19.8 Å². The predicted molar refractivity (Wildman–Crippen MR) is 97.8 cm³/mol. The molecule has 0 heterocycles. The molecule has 2 rings (SSSR count). The van der Waals surface area contributed by atoms with Gasteiger partial charge >= 0.3 is 5.97 Å². The average molecular weight is 372 g/mol. The molecular formula is C19H20N2O6. The molecule has 0 aliphatic carbocycles. The molecule has 142 valence electrons. The minimum Gasteiger partial charge on any atom is -0.491 e. The van der Waals surface area contributed by atoms with E-state index in [1.165, 1.54) is 24.3 Å². The number of rotatable bonds is 8. The molecule has 2 aromatic carbocycles. The number of carbonyl (C=O) groups is 2. The Bertz CT molecular complexity index is 833. The fourth-order valence-electron chi connectivity index (χ4n) is 2.30. The molecule has 1 N–H and O–H groups in total. The number of amides is 1. The second kappa shape index (κ2) is 9.33. The third kappa shape index (κ3) is 6.10. The van der Waals surface area contributed by atoms with E-state index in [9.17, 15) is 19.7 Å². The predicted octanol–water partition coefficient (Wildman–Crippen LogP) is 2.56. The highest BCUT2D eigenvalue weighted by atomic mass is 16.6. The molecule has 0 aliphatic rings. The number of aryl methyl sites for hydroxylation is 2. The summed E-state index contributed by atoms with van der Waals surface area (Å²) in [4.78, 5) is 33.5. The number of ether oxygens (including phenoxy) is 2. The van der Waals surface area contributed by atoms with Crippen molar-refractivity contribution in [2.45, 2.75) is 13.8 Å². The topological polar surface area (TPSA) is 108 Å². The summed E-state index contributed by atoms with van der Waals surface area (Å²) in [6.07, 6.45) is 0. The summed E-state index contributed by atoms with van der Waals surface area (Å²) in [7, 11) is 0. The summed E-state index contributed by atoms with van der Waals surface area (Å²) in [5.74, 6) is -0.444. The van der Waals surface area contributed by atoms with Gasteiger partial charge in [0.1, 0.15) is 12.4 Å². The summed E-state index contributed by atoms with van der Waals surface area (Å²) in [5.41, 5.74) is 2.15. The van der Waals surface area contributed by atoms with E-state index in [0.29, 0.717) is 0 Å². The molecule has 1 amide bonds. The zero-order valence-corrected chi connectivity index (χ0v) is 15.1. The zero-order chi connectivity index (χ0) is 19.8. The number of nitro benzene ring substituents is 1. The van der Waals surface area contributed by atoms with Crippen molar-refractivity contribution in [3.05, 3.63) is 69.3 Å². The molecular weight excluding hydrogens is 352 g/mol. The Balaban J connectivity index is 1.69. The van der Waals surface area contributed by atoms with Crippen molar-refractivity contribution >= 4 is 17.6 Å². The molecule has 0 atom stereocenters. The highest BCUT2D eigenvalue weighted by molar-refractivity contribution is 5.91. The minimum atomic E-state index is -0.730. The van der Waals surface area contributed by atoms with Crippen LogP contribution < -0.4 is 10.1 Å². The Hall–Kier alpha value is -3.42. The minimum absolute atomic E-state index is 0.131. The number of nitrogens with zero attached hydrogens (tertiary/aromatic N) is 1. The Morgan fingerprint density at radius 3 is 2.44 bits per heavy atom. The fourth-order valence-corrected chi connectivity index (χ4v) is 2.30. The number of non-ortho nitro benzene ring substituents is 1. The van der Waals surface area contributed by atoms with Gasteiger partial charge in [-0.3, -0.25) is 14.9 Å². The first kappa shape index (κ1) is 19.9. The number of benzene rings is 2. The molecule has 0 saturated heterocycles. The SMILES string of the molecule is Cc1ccc(OCCNC(=O)COC(=O)c2ccc([N+](=O)[O-])cc2)c(C)c1. The van der Waals surface area contributed by atoms with E-state index in [4.69, 9.17) is 9.47 Å². The van der Waals surface area contributed by atoms with E-state index in [2.05, 4.69) is 5.32 Å². The van der Waals surface area contributed by atoms with Gasteiger partial charge in [-0.2, -0.15) is 0 Å². The lowest BCUT2D eigenvalue weighted by Gasteiger charge is -2.10. The number of hydrogen-bond donors (Lipinski definition) is 1. The van der Waals surface area contributed by atoms with Gasteiger partial charge in [-0.05, 0) is 37.6 Å². The molecule has 0 fully saturated rings. The van der Waals surface area contributed by atoms with Gasteiger partial charge in [-0.15, -0.1) is 0 Å². The highest BCUT2D eigenvalue weighted by Crippen LogP contribution is 2.18. The van der Waals surface area contributed by atoms with Gasteiger partial charge in [0, 0.05) is 12.1 Å². The monoisotopic (exact) mass is 372 g/mol. The Kier molecular flexibility index (Phi) is 6.87.